The van der Waals surface area contributed by atoms with Crippen LogP contribution in [0, 0.1) is 5.92 Å². The molecule has 0 bridgehead atoms. The summed E-state index contributed by atoms with van der Waals surface area (Å²) in [5, 5.41) is 5.78. The number of carbonyl (C=O) groups is 1. The number of H-pyrrole nitrogens is 1. The highest BCUT2D eigenvalue weighted by atomic mass is 19.4. The molecule has 1 atom stereocenters. The molecule has 3 rings (SSSR count). The Morgan fingerprint density at radius 3 is 2.62 bits per heavy atom. The van der Waals surface area contributed by atoms with Gasteiger partial charge in [-0.15, -0.1) is 0 Å². The summed E-state index contributed by atoms with van der Waals surface area (Å²) in [4.78, 5) is 24.6. The topological polar surface area (TPSA) is 66.1 Å². The number of rotatable bonds is 2. The second kappa shape index (κ2) is 4.66. The number of aromatic amines is 1. The SMILES string of the molecule is CC(=O)C1CN(C2CCc3c2n[nH]c(=O)c3C(F)(F)F)C1. The highest BCUT2D eigenvalue weighted by Gasteiger charge is 2.44. The highest BCUT2D eigenvalue weighted by Crippen LogP contribution is 2.41. The number of alkyl halides is 3. The molecule has 1 fully saturated rings. The van der Waals surface area contributed by atoms with E-state index in [0.717, 1.165) is 0 Å². The van der Waals surface area contributed by atoms with Crippen molar-refractivity contribution in [2.75, 3.05) is 13.1 Å². The number of nitrogens with zero attached hydrogens (tertiary/aromatic N) is 2. The molecule has 0 amide bonds. The molecule has 1 unspecified atom stereocenters. The number of likely N-dealkylation sites (tertiary alicyclic amines) is 1. The van der Waals surface area contributed by atoms with Gasteiger partial charge < -0.3 is 0 Å². The zero-order valence-electron chi connectivity index (χ0n) is 11.3. The average molecular weight is 301 g/mol. The third-order valence-electron chi connectivity index (χ3n) is 4.31. The Kier molecular flexibility index (Phi) is 3.16. The zero-order chi connectivity index (χ0) is 15.4. The molecule has 2 heterocycles. The van der Waals surface area contributed by atoms with Gasteiger partial charge in [0.1, 0.15) is 11.3 Å². The number of fused-ring (bicyclic) bond motifs is 1. The van der Waals surface area contributed by atoms with Gasteiger partial charge in [0, 0.05) is 19.0 Å². The van der Waals surface area contributed by atoms with Crippen LogP contribution in [0.25, 0.3) is 0 Å². The molecule has 2 aliphatic rings. The lowest BCUT2D eigenvalue weighted by Crippen LogP contribution is -2.51. The zero-order valence-corrected chi connectivity index (χ0v) is 11.3. The summed E-state index contributed by atoms with van der Waals surface area (Å²) in [5.74, 6) is 0.0498. The van der Waals surface area contributed by atoms with Crippen molar-refractivity contribution in [3.8, 4) is 0 Å². The first kappa shape index (κ1) is 14.2. The number of aromatic nitrogens is 2. The molecule has 1 saturated heterocycles. The van der Waals surface area contributed by atoms with E-state index in [0.29, 0.717) is 25.2 Å². The molecule has 8 heteroatoms. The predicted molar refractivity (Wildman–Crippen MR) is 66.7 cm³/mol. The van der Waals surface area contributed by atoms with Gasteiger partial charge in [-0.1, -0.05) is 0 Å². The first-order valence-corrected chi connectivity index (χ1v) is 6.72. The number of nitrogens with one attached hydrogen (secondary N) is 1. The summed E-state index contributed by atoms with van der Waals surface area (Å²) in [6, 6.07) is -0.242. The van der Waals surface area contributed by atoms with Crippen LogP contribution in [0.3, 0.4) is 0 Å². The minimum atomic E-state index is -4.67. The van der Waals surface area contributed by atoms with Gasteiger partial charge in [0.05, 0.1) is 11.7 Å². The lowest BCUT2D eigenvalue weighted by atomic mass is 9.93. The highest BCUT2D eigenvalue weighted by molar-refractivity contribution is 5.79. The van der Waals surface area contributed by atoms with Crippen LogP contribution in [0.4, 0.5) is 13.2 Å². The van der Waals surface area contributed by atoms with Crippen molar-refractivity contribution in [1.82, 2.24) is 15.1 Å². The largest absolute Gasteiger partial charge is 0.422 e. The van der Waals surface area contributed by atoms with Gasteiger partial charge in [0.25, 0.3) is 5.56 Å². The van der Waals surface area contributed by atoms with Crippen molar-refractivity contribution in [3.63, 3.8) is 0 Å². The summed E-state index contributed by atoms with van der Waals surface area (Å²) >= 11 is 0. The normalized spacial score (nSPS) is 23.0. The average Bonchev–Trinajstić information content (AvgIpc) is 2.68. The van der Waals surface area contributed by atoms with E-state index in [-0.39, 0.29) is 29.7 Å². The van der Waals surface area contributed by atoms with Crippen molar-refractivity contribution in [2.45, 2.75) is 32.0 Å². The predicted octanol–water partition coefficient (Wildman–Crippen LogP) is 1.30. The standard InChI is InChI=1S/C13H14F3N3O2/c1-6(20)7-4-19(5-7)9-3-2-8-10(13(14,15)16)12(21)18-17-11(8)9/h7,9H,2-5H2,1H3,(H,18,21). The van der Waals surface area contributed by atoms with Gasteiger partial charge in [-0.3, -0.25) is 14.5 Å². The Morgan fingerprint density at radius 1 is 1.38 bits per heavy atom. The van der Waals surface area contributed by atoms with Crippen LogP contribution < -0.4 is 5.56 Å². The third kappa shape index (κ3) is 2.27. The van der Waals surface area contributed by atoms with Crippen LogP contribution in [0.2, 0.25) is 0 Å². The molecule has 1 aliphatic heterocycles. The molecular formula is C13H14F3N3O2. The van der Waals surface area contributed by atoms with E-state index in [9.17, 15) is 22.8 Å². The first-order chi connectivity index (χ1) is 9.79. The third-order valence-corrected chi connectivity index (χ3v) is 4.31. The van der Waals surface area contributed by atoms with Crippen LogP contribution >= 0.6 is 0 Å². The summed E-state index contributed by atoms with van der Waals surface area (Å²) in [7, 11) is 0. The Balaban J connectivity index is 1.91. The van der Waals surface area contributed by atoms with Crippen LogP contribution in [0.15, 0.2) is 4.79 Å². The molecule has 0 spiro atoms. The fourth-order valence-electron chi connectivity index (χ4n) is 3.13. The lowest BCUT2D eigenvalue weighted by Gasteiger charge is -2.41. The fourth-order valence-corrected chi connectivity index (χ4v) is 3.13. The second-order valence-corrected chi connectivity index (χ2v) is 5.61. The quantitative estimate of drug-likeness (QED) is 0.894. The molecule has 0 aromatic carbocycles. The van der Waals surface area contributed by atoms with E-state index in [2.05, 4.69) is 5.10 Å². The van der Waals surface area contributed by atoms with Crippen LogP contribution in [-0.2, 0) is 17.4 Å². The Morgan fingerprint density at radius 2 is 2.05 bits per heavy atom. The number of ketones is 1. The molecule has 0 radical (unpaired) electrons. The van der Waals surface area contributed by atoms with E-state index < -0.39 is 17.3 Å². The van der Waals surface area contributed by atoms with Gasteiger partial charge in [-0.25, -0.2) is 5.10 Å². The van der Waals surface area contributed by atoms with Crippen LogP contribution in [0.5, 0.6) is 0 Å². The molecule has 1 aromatic heterocycles. The van der Waals surface area contributed by atoms with Crippen molar-refractivity contribution in [3.05, 3.63) is 27.2 Å². The number of carbonyl (C=O) groups excluding carboxylic acids is 1. The second-order valence-electron chi connectivity index (χ2n) is 5.61. The maximum absolute atomic E-state index is 13.0. The van der Waals surface area contributed by atoms with E-state index in [1.165, 1.54) is 6.92 Å². The smallest absolute Gasteiger partial charge is 0.300 e. The Bertz CT molecular complexity index is 647. The van der Waals surface area contributed by atoms with Gasteiger partial charge in [0.15, 0.2) is 0 Å². The fraction of sp³-hybridized carbons (Fsp3) is 0.615. The van der Waals surface area contributed by atoms with E-state index in [1.54, 1.807) is 0 Å². The van der Waals surface area contributed by atoms with Crippen LogP contribution in [0.1, 0.15) is 36.2 Å². The monoisotopic (exact) mass is 301 g/mol. The maximum Gasteiger partial charge on any atom is 0.422 e. The van der Waals surface area contributed by atoms with E-state index in [1.807, 2.05) is 10.00 Å². The maximum atomic E-state index is 13.0. The lowest BCUT2D eigenvalue weighted by molar-refractivity contribution is -0.139. The van der Waals surface area contributed by atoms with Crippen molar-refractivity contribution in [1.29, 1.82) is 0 Å². The number of halogens is 3. The number of Topliss-reactive ketones (excluding diaryl/α,β-unsaturated/α-hetero) is 1. The van der Waals surface area contributed by atoms with Gasteiger partial charge >= 0.3 is 6.18 Å². The summed E-state index contributed by atoms with van der Waals surface area (Å²) in [5.41, 5.74) is -2.02. The molecule has 5 nitrogen and oxygen atoms in total. The van der Waals surface area contributed by atoms with Crippen molar-refractivity contribution in [2.24, 2.45) is 5.92 Å². The minimum absolute atomic E-state index is 0.00234. The van der Waals surface area contributed by atoms with Gasteiger partial charge in [0.2, 0.25) is 0 Å². The number of hydrogen-bond donors (Lipinski definition) is 1. The molecule has 1 aromatic rings. The van der Waals surface area contributed by atoms with Crippen molar-refractivity contribution >= 4 is 5.78 Å². The Hall–Kier alpha value is -1.70. The summed E-state index contributed by atoms with van der Waals surface area (Å²) in [6.07, 6.45) is -3.99. The summed E-state index contributed by atoms with van der Waals surface area (Å²) in [6.45, 7) is 2.60. The van der Waals surface area contributed by atoms with Gasteiger partial charge in [-0.2, -0.15) is 18.3 Å². The molecular weight excluding hydrogens is 287 g/mol. The van der Waals surface area contributed by atoms with Gasteiger partial charge in [-0.05, 0) is 25.3 Å². The molecule has 21 heavy (non-hydrogen) atoms. The Labute approximate surface area is 118 Å². The van der Waals surface area contributed by atoms with E-state index >= 15 is 0 Å². The number of hydrogen-bond acceptors (Lipinski definition) is 4. The first-order valence-electron chi connectivity index (χ1n) is 6.72. The molecule has 0 saturated carbocycles. The van der Waals surface area contributed by atoms with Crippen LogP contribution in [-0.4, -0.2) is 34.0 Å². The molecule has 114 valence electrons. The minimum Gasteiger partial charge on any atom is -0.300 e. The molecule has 1 aliphatic carbocycles. The summed E-state index contributed by atoms with van der Waals surface area (Å²) < 4.78 is 39.0. The molecule has 1 N–H and O–H groups in total. The van der Waals surface area contributed by atoms with E-state index in [4.69, 9.17) is 0 Å². The van der Waals surface area contributed by atoms with Crippen molar-refractivity contribution < 1.29 is 18.0 Å².